The zero-order chi connectivity index (χ0) is 23.5. The van der Waals surface area contributed by atoms with Crippen LogP contribution in [0.3, 0.4) is 0 Å². The lowest BCUT2D eigenvalue weighted by Crippen LogP contribution is -2.45. The SMILES string of the molecule is CC(C)OCCCNC(=O)C1CCN(CC(=O)NCC(=O)Nc2ccc(F)c(F)c2)CC1. The number of anilines is 1. The molecule has 0 atom stereocenters. The number of nitrogens with one attached hydrogen (secondary N) is 3. The second kappa shape index (κ2) is 13.1. The summed E-state index contributed by atoms with van der Waals surface area (Å²) in [7, 11) is 0. The van der Waals surface area contributed by atoms with Gasteiger partial charge in [-0.3, -0.25) is 19.3 Å². The summed E-state index contributed by atoms with van der Waals surface area (Å²) in [6, 6.07) is 3.02. The Bertz CT molecular complexity index is 783. The van der Waals surface area contributed by atoms with Crippen LogP contribution >= 0.6 is 0 Å². The summed E-state index contributed by atoms with van der Waals surface area (Å²) in [4.78, 5) is 38.2. The minimum atomic E-state index is -1.07. The number of carbonyl (C=O) groups excluding carboxylic acids is 3. The molecule has 1 heterocycles. The number of piperidine rings is 1. The van der Waals surface area contributed by atoms with Gasteiger partial charge in [0.1, 0.15) is 0 Å². The molecule has 1 saturated heterocycles. The number of hydrogen-bond donors (Lipinski definition) is 3. The Morgan fingerprint density at radius 3 is 2.47 bits per heavy atom. The third kappa shape index (κ3) is 9.27. The van der Waals surface area contributed by atoms with Gasteiger partial charge in [0.15, 0.2) is 11.6 Å². The third-order valence-corrected chi connectivity index (χ3v) is 5.05. The molecule has 1 aliphatic rings. The molecule has 8 nitrogen and oxygen atoms in total. The standard InChI is InChI=1S/C22H32F2N4O4/c1-15(2)32-11-3-8-25-22(31)16-6-9-28(10-7-16)14-21(30)26-13-20(29)27-17-4-5-18(23)19(24)12-17/h4-5,12,15-16H,3,6-11,13-14H2,1-2H3,(H,25,31)(H,26,30)(H,27,29). The van der Waals surface area contributed by atoms with Gasteiger partial charge in [0.05, 0.1) is 19.2 Å². The van der Waals surface area contributed by atoms with Crippen LogP contribution < -0.4 is 16.0 Å². The first-order valence-electron chi connectivity index (χ1n) is 10.9. The van der Waals surface area contributed by atoms with Gasteiger partial charge in [-0.1, -0.05) is 0 Å². The maximum Gasteiger partial charge on any atom is 0.243 e. The summed E-state index contributed by atoms with van der Waals surface area (Å²) in [5.74, 6) is -2.97. The first kappa shape index (κ1) is 25.7. The van der Waals surface area contributed by atoms with Gasteiger partial charge >= 0.3 is 0 Å². The Labute approximate surface area is 187 Å². The molecule has 0 unspecified atom stereocenters. The lowest BCUT2D eigenvalue weighted by Gasteiger charge is -2.30. The summed E-state index contributed by atoms with van der Waals surface area (Å²) in [5.41, 5.74) is 0.107. The molecule has 10 heteroatoms. The van der Waals surface area contributed by atoms with Gasteiger partial charge in [0.25, 0.3) is 0 Å². The van der Waals surface area contributed by atoms with Crippen molar-refractivity contribution in [1.82, 2.24) is 15.5 Å². The average molecular weight is 455 g/mol. The number of ether oxygens (including phenoxy) is 1. The second-order valence-electron chi connectivity index (χ2n) is 8.07. The molecule has 0 aliphatic carbocycles. The van der Waals surface area contributed by atoms with E-state index in [4.69, 9.17) is 4.74 Å². The molecular formula is C22H32F2N4O4. The van der Waals surface area contributed by atoms with E-state index in [9.17, 15) is 23.2 Å². The predicted octanol–water partition coefficient (Wildman–Crippen LogP) is 1.66. The van der Waals surface area contributed by atoms with Crippen LogP contribution in [0.15, 0.2) is 18.2 Å². The number of carbonyl (C=O) groups is 3. The van der Waals surface area contributed by atoms with Crippen LogP contribution in [0.2, 0.25) is 0 Å². The fraction of sp³-hybridized carbons (Fsp3) is 0.591. The smallest absolute Gasteiger partial charge is 0.243 e. The van der Waals surface area contributed by atoms with E-state index in [1.54, 1.807) is 0 Å². The van der Waals surface area contributed by atoms with Crippen molar-refractivity contribution in [2.75, 3.05) is 44.6 Å². The van der Waals surface area contributed by atoms with E-state index in [-0.39, 0.29) is 42.6 Å². The summed E-state index contributed by atoms with van der Waals surface area (Å²) >= 11 is 0. The van der Waals surface area contributed by atoms with Crippen LogP contribution in [-0.2, 0) is 19.1 Å². The molecule has 0 saturated carbocycles. The largest absolute Gasteiger partial charge is 0.379 e. The lowest BCUT2D eigenvalue weighted by molar-refractivity contribution is -0.127. The number of rotatable bonds is 11. The van der Waals surface area contributed by atoms with Crippen molar-refractivity contribution < 1.29 is 27.9 Å². The van der Waals surface area contributed by atoms with E-state index in [1.807, 2.05) is 18.7 Å². The zero-order valence-corrected chi connectivity index (χ0v) is 18.6. The van der Waals surface area contributed by atoms with Gasteiger partial charge in [-0.05, 0) is 58.3 Å². The first-order chi connectivity index (χ1) is 15.2. The van der Waals surface area contributed by atoms with Crippen LogP contribution in [-0.4, -0.2) is 68.1 Å². The molecular weight excluding hydrogens is 422 g/mol. The molecule has 1 aromatic carbocycles. The molecule has 1 fully saturated rings. The minimum Gasteiger partial charge on any atom is -0.379 e. The molecule has 3 N–H and O–H groups in total. The number of likely N-dealkylation sites (tertiary alicyclic amines) is 1. The highest BCUT2D eigenvalue weighted by Gasteiger charge is 2.25. The van der Waals surface area contributed by atoms with Crippen molar-refractivity contribution >= 4 is 23.4 Å². The monoisotopic (exact) mass is 454 g/mol. The topological polar surface area (TPSA) is 99.8 Å². The average Bonchev–Trinajstić information content (AvgIpc) is 2.75. The highest BCUT2D eigenvalue weighted by Crippen LogP contribution is 2.17. The molecule has 178 valence electrons. The van der Waals surface area contributed by atoms with E-state index in [0.29, 0.717) is 39.1 Å². The first-order valence-corrected chi connectivity index (χ1v) is 10.9. The Hall–Kier alpha value is -2.59. The zero-order valence-electron chi connectivity index (χ0n) is 18.6. The Balaban J connectivity index is 1.60. The van der Waals surface area contributed by atoms with E-state index >= 15 is 0 Å². The van der Waals surface area contributed by atoms with Gasteiger partial charge in [0.2, 0.25) is 17.7 Å². The third-order valence-electron chi connectivity index (χ3n) is 5.05. The van der Waals surface area contributed by atoms with Crippen molar-refractivity contribution in [3.63, 3.8) is 0 Å². The number of halogens is 2. The number of benzene rings is 1. The van der Waals surface area contributed by atoms with Crippen LogP contribution in [0.5, 0.6) is 0 Å². The van der Waals surface area contributed by atoms with Gasteiger partial charge in [-0.15, -0.1) is 0 Å². The Morgan fingerprint density at radius 1 is 1.09 bits per heavy atom. The second-order valence-corrected chi connectivity index (χ2v) is 8.07. The van der Waals surface area contributed by atoms with Gasteiger partial charge in [0, 0.05) is 30.8 Å². The molecule has 0 radical (unpaired) electrons. The quantitative estimate of drug-likeness (QED) is 0.442. The van der Waals surface area contributed by atoms with Crippen molar-refractivity contribution in [1.29, 1.82) is 0 Å². The summed E-state index contributed by atoms with van der Waals surface area (Å²) in [5, 5.41) is 7.83. The van der Waals surface area contributed by atoms with Gasteiger partial charge in [-0.2, -0.15) is 0 Å². The fourth-order valence-electron chi connectivity index (χ4n) is 3.32. The molecule has 0 spiro atoms. The van der Waals surface area contributed by atoms with Crippen molar-refractivity contribution in [2.45, 2.75) is 39.2 Å². The van der Waals surface area contributed by atoms with Crippen molar-refractivity contribution in [2.24, 2.45) is 5.92 Å². The van der Waals surface area contributed by atoms with Gasteiger partial charge in [-0.25, -0.2) is 8.78 Å². The molecule has 1 aliphatic heterocycles. The van der Waals surface area contributed by atoms with Crippen LogP contribution in [0, 0.1) is 17.6 Å². The highest BCUT2D eigenvalue weighted by atomic mass is 19.2. The molecule has 2 rings (SSSR count). The molecule has 0 bridgehead atoms. The summed E-state index contributed by atoms with van der Waals surface area (Å²) < 4.78 is 31.5. The number of amides is 3. The molecule has 3 amide bonds. The summed E-state index contributed by atoms with van der Waals surface area (Å²) in [6.07, 6.45) is 2.28. The van der Waals surface area contributed by atoms with Crippen molar-refractivity contribution in [3.05, 3.63) is 29.8 Å². The van der Waals surface area contributed by atoms with E-state index in [1.165, 1.54) is 6.07 Å². The lowest BCUT2D eigenvalue weighted by atomic mass is 9.96. The molecule has 32 heavy (non-hydrogen) atoms. The van der Waals surface area contributed by atoms with Crippen molar-refractivity contribution in [3.8, 4) is 0 Å². The maximum absolute atomic E-state index is 13.2. The predicted molar refractivity (Wildman–Crippen MR) is 116 cm³/mol. The molecule has 1 aromatic rings. The van der Waals surface area contributed by atoms with Crippen LogP contribution in [0.1, 0.15) is 33.1 Å². The van der Waals surface area contributed by atoms with E-state index in [0.717, 1.165) is 18.6 Å². The number of nitrogens with zero attached hydrogens (tertiary/aromatic N) is 1. The van der Waals surface area contributed by atoms with E-state index in [2.05, 4.69) is 16.0 Å². The minimum absolute atomic E-state index is 0.0348. The van der Waals surface area contributed by atoms with E-state index < -0.39 is 17.5 Å². The van der Waals surface area contributed by atoms with Gasteiger partial charge < -0.3 is 20.7 Å². The Kier molecular flexibility index (Phi) is 10.5. The number of hydrogen-bond acceptors (Lipinski definition) is 5. The fourth-order valence-corrected chi connectivity index (χ4v) is 3.32. The summed E-state index contributed by atoms with van der Waals surface area (Å²) in [6.45, 7) is 6.21. The van der Waals surface area contributed by atoms with Crippen LogP contribution in [0.4, 0.5) is 14.5 Å². The highest BCUT2D eigenvalue weighted by molar-refractivity contribution is 5.94. The normalized spacial score (nSPS) is 14.9. The Morgan fingerprint density at radius 2 is 1.81 bits per heavy atom. The maximum atomic E-state index is 13.2. The van der Waals surface area contributed by atoms with Crippen LogP contribution in [0.25, 0.3) is 0 Å². The molecule has 0 aromatic heterocycles.